The lowest BCUT2D eigenvalue weighted by molar-refractivity contribution is 0.0694. The molecule has 2 heterocycles. The Balaban J connectivity index is 0.00000324. The Morgan fingerprint density at radius 3 is 2.71 bits per heavy atom. The van der Waals surface area contributed by atoms with Crippen LogP contribution in [0.1, 0.15) is 25.3 Å². The normalized spacial score (nSPS) is 13.5. The molecule has 34 heavy (non-hydrogen) atoms. The lowest BCUT2D eigenvalue weighted by atomic mass is 10.1. The van der Waals surface area contributed by atoms with Crippen LogP contribution in [0.15, 0.2) is 42.7 Å². The van der Waals surface area contributed by atoms with Gasteiger partial charge in [-0.25, -0.2) is 14.8 Å². The van der Waals surface area contributed by atoms with Crippen molar-refractivity contribution in [2.75, 3.05) is 32.1 Å². The van der Waals surface area contributed by atoms with Crippen molar-refractivity contribution in [1.82, 2.24) is 14.9 Å². The van der Waals surface area contributed by atoms with E-state index in [0.717, 1.165) is 22.2 Å². The van der Waals surface area contributed by atoms with E-state index in [1.807, 2.05) is 36.4 Å². The number of methoxy groups -OCH3 is 1. The first-order chi connectivity index (χ1) is 16.1. The van der Waals surface area contributed by atoms with Crippen LogP contribution in [0.4, 0.5) is 16.3 Å². The number of rotatable bonds is 6. The molecule has 1 amide bonds. The zero-order valence-corrected chi connectivity index (χ0v) is 19.9. The van der Waals surface area contributed by atoms with Gasteiger partial charge in [0.05, 0.1) is 19.2 Å². The predicted molar refractivity (Wildman–Crippen MR) is 133 cm³/mol. The van der Waals surface area contributed by atoms with Gasteiger partial charge in [0.25, 0.3) is 0 Å². The Labute approximate surface area is 205 Å². The van der Waals surface area contributed by atoms with Crippen molar-refractivity contribution in [1.29, 1.82) is 0 Å². The van der Waals surface area contributed by atoms with Crippen molar-refractivity contribution >= 4 is 40.9 Å². The second-order valence-corrected chi connectivity index (χ2v) is 7.60. The van der Waals surface area contributed by atoms with Gasteiger partial charge in [-0.15, -0.1) is 18.8 Å². The summed E-state index contributed by atoms with van der Waals surface area (Å²) < 4.78 is 17.0. The molecule has 178 valence electrons. The van der Waals surface area contributed by atoms with Crippen molar-refractivity contribution in [3.05, 3.63) is 48.3 Å². The molecule has 4 rings (SSSR count). The highest BCUT2D eigenvalue weighted by atomic mass is 35.5. The van der Waals surface area contributed by atoms with Crippen LogP contribution >= 0.6 is 12.4 Å². The van der Waals surface area contributed by atoms with Crippen molar-refractivity contribution in [2.24, 2.45) is 0 Å². The Hall–Kier alpha value is -3.70. The number of benzene rings is 2. The molecule has 0 spiro atoms. The van der Waals surface area contributed by atoms with Gasteiger partial charge >= 0.3 is 6.09 Å². The Morgan fingerprint density at radius 1 is 1.21 bits per heavy atom. The molecule has 2 aromatic carbocycles. The maximum Gasteiger partial charge on any atom is 0.409 e. The predicted octanol–water partition coefficient (Wildman–Crippen LogP) is 4.78. The van der Waals surface area contributed by atoms with Gasteiger partial charge in [0.2, 0.25) is 0 Å². The third kappa shape index (κ3) is 5.61. The number of terminal acetylenes is 1. The SMILES string of the molecule is C#Cc1cccc(Nc2ncnc3cc(OC)c(OC4CCN(C(=O)OCC)CC4)cc23)c1.Cl. The van der Waals surface area contributed by atoms with E-state index in [9.17, 15) is 4.79 Å². The first-order valence-electron chi connectivity index (χ1n) is 10.9. The molecule has 3 aromatic rings. The molecule has 0 aliphatic carbocycles. The monoisotopic (exact) mass is 482 g/mol. The van der Waals surface area contributed by atoms with Crippen LogP contribution in [0.3, 0.4) is 0 Å². The van der Waals surface area contributed by atoms with Gasteiger partial charge < -0.3 is 24.4 Å². The number of fused-ring (bicyclic) bond motifs is 1. The quantitative estimate of drug-likeness (QED) is 0.506. The molecule has 8 nitrogen and oxygen atoms in total. The fourth-order valence-electron chi connectivity index (χ4n) is 3.79. The zero-order valence-electron chi connectivity index (χ0n) is 19.1. The molecule has 1 saturated heterocycles. The highest BCUT2D eigenvalue weighted by Crippen LogP contribution is 2.36. The molecular formula is C25H27ClN4O4. The van der Waals surface area contributed by atoms with Crippen molar-refractivity contribution in [2.45, 2.75) is 25.9 Å². The maximum absolute atomic E-state index is 11.9. The molecule has 9 heteroatoms. The average Bonchev–Trinajstić information content (AvgIpc) is 2.84. The fraction of sp³-hybridized carbons (Fsp3) is 0.320. The number of carbonyl (C=O) groups is 1. The van der Waals surface area contributed by atoms with Gasteiger partial charge in [-0.2, -0.15) is 0 Å². The molecule has 0 unspecified atom stereocenters. The van der Waals surface area contributed by atoms with E-state index in [1.54, 1.807) is 18.9 Å². The summed E-state index contributed by atoms with van der Waals surface area (Å²) >= 11 is 0. The lowest BCUT2D eigenvalue weighted by Gasteiger charge is -2.31. The minimum atomic E-state index is -0.277. The number of nitrogens with one attached hydrogen (secondary N) is 1. The second-order valence-electron chi connectivity index (χ2n) is 7.60. The summed E-state index contributed by atoms with van der Waals surface area (Å²) in [5.41, 5.74) is 2.33. The molecule has 1 aliphatic rings. The Morgan fingerprint density at radius 2 is 2.00 bits per heavy atom. The molecule has 1 aliphatic heterocycles. The smallest absolute Gasteiger partial charge is 0.409 e. The van der Waals surface area contributed by atoms with Crippen LogP contribution in [0.2, 0.25) is 0 Å². The standard InChI is InChI=1S/C25H26N4O4.ClH/c1-4-17-7-6-8-18(13-17)28-24-20-14-23(22(31-3)15-21(20)26-16-27-24)33-19-9-11-29(12-10-19)25(30)32-5-2;/h1,6-8,13-16,19H,5,9-12H2,2-3H3,(H,26,27,28);1H. The number of piperidine rings is 1. The molecule has 0 saturated carbocycles. The Kier molecular flexibility index (Phi) is 8.39. The molecule has 1 aromatic heterocycles. The van der Waals surface area contributed by atoms with E-state index < -0.39 is 0 Å². The summed E-state index contributed by atoms with van der Waals surface area (Å²) in [6.45, 7) is 3.34. The third-order valence-corrected chi connectivity index (χ3v) is 5.47. The van der Waals surface area contributed by atoms with E-state index in [0.29, 0.717) is 49.9 Å². The van der Waals surface area contributed by atoms with Crippen LogP contribution in [0, 0.1) is 12.3 Å². The topological polar surface area (TPSA) is 85.8 Å². The van der Waals surface area contributed by atoms with Gasteiger partial charge in [-0.1, -0.05) is 12.0 Å². The third-order valence-electron chi connectivity index (χ3n) is 5.47. The molecular weight excluding hydrogens is 456 g/mol. The number of likely N-dealkylation sites (tertiary alicyclic amines) is 1. The minimum absolute atomic E-state index is 0. The van der Waals surface area contributed by atoms with Gasteiger partial charge in [0.15, 0.2) is 11.5 Å². The van der Waals surface area contributed by atoms with Gasteiger partial charge in [0, 0.05) is 48.6 Å². The van der Waals surface area contributed by atoms with Crippen LogP contribution < -0.4 is 14.8 Å². The number of anilines is 2. The van der Waals surface area contributed by atoms with Crippen LogP contribution in [0.5, 0.6) is 11.5 Å². The number of amides is 1. The summed E-state index contributed by atoms with van der Waals surface area (Å²) in [7, 11) is 1.60. The van der Waals surface area contributed by atoms with E-state index in [2.05, 4.69) is 21.2 Å². The molecule has 0 radical (unpaired) electrons. The van der Waals surface area contributed by atoms with Crippen LogP contribution in [-0.4, -0.2) is 53.9 Å². The van der Waals surface area contributed by atoms with Gasteiger partial charge in [-0.05, 0) is 31.2 Å². The maximum atomic E-state index is 11.9. The second kappa shape index (κ2) is 11.4. The number of carbonyl (C=O) groups excluding carboxylic acids is 1. The number of halogens is 1. The molecule has 1 N–H and O–H groups in total. The zero-order chi connectivity index (χ0) is 23.2. The number of hydrogen-bond acceptors (Lipinski definition) is 7. The van der Waals surface area contributed by atoms with Crippen molar-refractivity contribution < 1.29 is 19.0 Å². The summed E-state index contributed by atoms with van der Waals surface area (Å²) in [6.07, 6.45) is 8.11. The highest BCUT2D eigenvalue weighted by molar-refractivity contribution is 5.93. The first kappa shape index (κ1) is 24.9. The van der Waals surface area contributed by atoms with E-state index in [1.165, 1.54) is 6.33 Å². The van der Waals surface area contributed by atoms with Crippen LogP contribution in [0.25, 0.3) is 10.9 Å². The number of hydrogen-bond donors (Lipinski definition) is 1. The summed E-state index contributed by atoms with van der Waals surface area (Å²) in [5, 5.41) is 4.11. The largest absolute Gasteiger partial charge is 0.493 e. The summed E-state index contributed by atoms with van der Waals surface area (Å²) in [4.78, 5) is 22.5. The van der Waals surface area contributed by atoms with E-state index in [-0.39, 0.29) is 24.6 Å². The molecule has 0 bridgehead atoms. The number of aromatic nitrogens is 2. The first-order valence-corrected chi connectivity index (χ1v) is 10.9. The summed E-state index contributed by atoms with van der Waals surface area (Å²) in [6, 6.07) is 11.3. The summed E-state index contributed by atoms with van der Waals surface area (Å²) in [5.74, 6) is 4.47. The minimum Gasteiger partial charge on any atom is -0.493 e. The fourth-order valence-corrected chi connectivity index (χ4v) is 3.79. The van der Waals surface area contributed by atoms with Gasteiger partial charge in [-0.3, -0.25) is 0 Å². The lowest BCUT2D eigenvalue weighted by Crippen LogP contribution is -2.42. The number of ether oxygens (including phenoxy) is 3. The van der Waals surface area contributed by atoms with Crippen LogP contribution in [-0.2, 0) is 4.74 Å². The number of nitrogens with zero attached hydrogens (tertiary/aromatic N) is 3. The van der Waals surface area contributed by atoms with Crippen molar-refractivity contribution in [3.8, 4) is 23.8 Å². The van der Waals surface area contributed by atoms with Gasteiger partial charge in [0.1, 0.15) is 18.2 Å². The highest BCUT2D eigenvalue weighted by Gasteiger charge is 2.25. The van der Waals surface area contributed by atoms with E-state index >= 15 is 0 Å². The Bertz CT molecular complexity index is 1190. The van der Waals surface area contributed by atoms with E-state index in [4.69, 9.17) is 20.6 Å². The molecule has 0 atom stereocenters. The molecule has 1 fully saturated rings. The average molecular weight is 483 g/mol. The van der Waals surface area contributed by atoms with Crippen molar-refractivity contribution in [3.63, 3.8) is 0 Å².